The van der Waals surface area contributed by atoms with Gasteiger partial charge >= 0.3 is 0 Å². The van der Waals surface area contributed by atoms with Crippen LogP contribution < -0.4 is 10.2 Å². The third-order valence-corrected chi connectivity index (χ3v) is 2.97. The Morgan fingerprint density at radius 3 is 2.93 bits per heavy atom. The van der Waals surface area contributed by atoms with Crippen molar-refractivity contribution >= 4 is 5.82 Å². The van der Waals surface area contributed by atoms with Crippen molar-refractivity contribution in [2.45, 2.75) is 26.3 Å². The normalized spacial score (nSPS) is 20.6. The van der Waals surface area contributed by atoms with Crippen LogP contribution in [0.5, 0.6) is 0 Å². The van der Waals surface area contributed by atoms with Crippen LogP contribution in [0.4, 0.5) is 5.82 Å². The Kier molecular flexibility index (Phi) is 2.86. The summed E-state index contributed by atoms with van der Waals surface area (Å²) in [6.07, 6.45) is 3.01. The molecule has 82 valence electrons. The Bertz CT molecular complexity index is 344. The maximum Gasteiger partial charge on any atom is 0.150 e. The molecule has 15 heavy (non-hydrogen) atoms. The number of aromatic nitrogens is 2. The number of aryl methyl sites for hydroxylation is 2. The van der Waals surface area contributed by atoms with Crippen molar-refractivity contribution in [3.8, 4) is 0 Å². The van der Waals surface area contributed by atoms with Crippen molar-refractivity contribution in [1.29, 1.82) is 0 Å². The lowest BCUT2D eigenvalue weighted by molar-refractivity contribution is 0.672. The highest BCUT2D eigenvalue weighted by molar-refractivity contribution is 5.43. The molecule has 0 spiro atoms. The molecule has 1 aromatic rings. The van der Waals surface area contributed by atoms with Crippen molar-refractivity contribution < 1.29 is 0 Å². The van der Waals surface area contributed by atoms with E-state index in [9.17, 15) is 0 Å². The standard InChI is InChI=1S/C11H18N4/c1-8-6-13-9(2)11(14-8)15(3)10-4-5-12-7-10/h6,10,12H,4-5,7H2,1-3H3. The number of hydrogen-bond donors (Lipinski definition) is 1. The molecule has 1 aliphatic rings. The molecular formula is C11H18N4. The van der Waals surface area contributed by atoms with Gasteiger partial charge in [-0.05, 0) is 26.8 Å². The van der Waals surface area contributed by atoms with Crippen LogP contribution in [0, 0.1) is 13.8 Å². The van der Waals surface area contributed by atoms with E-state index in [1.165, 1.54) is 6.42 Å². The third-order valence-electron chi connectivity index (χ3n) is 2.97. The van der Waals surface area contributed by atoms with E-state index in [1.807, 2.05) is 20.0 Å². The quantitative estimate of drug-likeness (QED) is 0.780. The molecule has 1 unspecified atom stereocenters. The summed E-state index contributed by atoms with van der Waals surface area (Å²) in [5, 5.41) is 3.37. The van der Waals surface area contributed by atoms with Crippen LogP contribution in [-0.2, 0) is 0 Å². The van der Waals surface area contributed by atoms with Gasteiger partial charge in [0.25, 0.3) is 0 Å². The molecule has 0 saturated carbocycles. The maximum absolute atomic E-state index is 4.55. The van der Waals surface area contributed by atoms with E-state index in [0.717, 1.165) is 30.3 Å². The molecule has 1 atom stereocenters. The van der Waals surface area contributed by atoms with Gasteiger partial charge in [0.15, 0.2) is 0 Å². The van der Waals surface area contributed by atoms with Gasteiger partial charge in [-0.3, -0.25) is 4.98 Å². The molecule has 0 radical (unpaired) electrons. The predicted molar refractivity (Wildman–Crippen MR) is 61.2 cm³/mol. The van der Waals surface area contributed by atoms with Gasteiger partial charge in [-0.25, -0.2) is 4.98 Å². The van der Waals surface area contributed by atoms with E-state index in [-0.39, 0.29) is 0 Å². The van der Waals surface area contributed by atoms with Crippen molar-refractivity contribution in [2.75, 3.05) is 25.0 Å². The third kappa shape index (κ3) is 2.09. The van der Waals surface area contributed by atoms with E-state index in [4.69, 9.17) is 0 Å². The number of nitrogens with one attached hydrogen (secondary N) is 1. The van der Waals surface area contributed by atoms with Gasteiger partial charge < -0.3 is 10.2 Å². The lowest BCUT2D eigenvalue weighted by Crippen LogP contribution is -2.34. The average Bonchev–Trinajstić information content (AvgIpc) is 2.74. The fourth-order valence-corrected chi connectivity index (χ4v) is 2.00. The first kappa shape index (κ1) is 10.4. The van der Waals surface area contributed by atoms with E-state index in [0.29, 0.717) is 6.04 Å². The summed E-state index contributed by atoms with van der Waals surface area (Å²) < 4.78 is 0. The zero-order chi connectivity index (χ0) is 10.8. The molecule has 0 amide bonds. The second kappa shape index (κ2) is 4.14. The second-order valence-electron chi connectivity index (χ2n) is 4.18. The molecular weight excluding hydrogens is 188 g/mol. The largest absolute Gasteiger partial charge is 0.354 e. The highest BCUT2D eigenvalue weighted by atomic mass is 15.2. The Balaban J connectivity index is 2.23. The van der Waals surface area contributed by atoms with Crippen molar-refractivity contribution in [3.63, 3.8) is 0 Å². The molecule has 1 fully saturated rings. The topological polar surface area (TPSA) is 41.1 Å². The molecule has 0 aromatic carbocycles. The van der Waals surface area contributed by atoms with E-state index < -0.39 is 0 Å². The number of anilines is 1. The number of likely N-dealkylation sites (N-methyl/N-ethyl adjacent to an activating group) is 1. The molecule has 2 rings (SSSR count). The molecule has 2 heterocycles. The van der Waals surface area contributed by atoms with Crippen LogP contribution in [0.2, 0.25) is 0 Å². The summed E-state index contributed by atoms with van der Waals surface area (Å²) in [6.45, 7) is 6.15. The lowest BCUT2D eigenvalue weighted by atomic mass is 10.2. The van der Waals surface area contributed by atoms with Gasteiger partial charge in [0.1, 0.15) is 5.82 Å². The van der Waals surface area contributed by atoms with Crippen molar-refractivity contribution in [3.05, 3.63) is 17.6 Å². The molecule has 1 N–H and O–H groups in total. The fourth-order valence-electron chi connectivity index (χ4n) is 2.00. The second-order valence-corrected chi connectivity index (χ2v) is 4.18. The summed E-state index contributed by atoms with van der Waals surface area (Å²) in [5.74, 6) is 1.02. The number of rotatable bonds is 2. The van der Waals surface area contributed by atoms with Crippen LogP contribution in [-0.4, -0.2) is 36.1 Å². The molecule has 1 aromatic heterocycles. The fraction of sp³-hybridized carbons (Fsp3) is 0.636. The van der Waals surface area contributed by atoms with Gasteiger partial charge in [-0.15, -0.1) is 0 Å². The highest BCUT2D eigenvalue weighted by Gasteiger charge is 2.21. The monoisotopic (exact) mass is 206 g/mol. The molecule has 0 aliphatic carbocycles. The smallest absolute Gasteiger partial charge is 0.150 e. The predicted octanol–water partition coefficient (Wildman–Crippen LogP) is 0.892. The van der Waals surface area contributed by atoms with Gasteiger partial charge in [0, 0.05) is 25.8 Å². The molecule has 0 bridgehead atoms. The molecule has 4 heteroatoms. The molecule has 4 nitrogen and oxygen atoms in total. The van der Waals surface area contributed by atoms with E-state index in [1.54, 1.807) is 0 Å². The first-order valence-electron chi connectivity index (χ1n) is 5.42. The van der Waals surface area contributed by atoms with Gasteiger partial charge in [0.2, 0.25) is 0 Å². The summed E-state index contributed by atoms with van der Waals surface area (Å²) in [7, 11) is 2.11. The van der Waals surface area contributed by atoms with Crippen molar-refractivity contribution in [2.24, 2.45) is 0 Å². The van der Waals surface area contributed by atoms with Crippen LogP contribution in [0.15, 0.2) is 6.20 Å². The van der Waals surface area contributed by atoms with E-state index >= 15 is 0 Å². The van der Waals surface area contributed by atoms with Crippen LogP contribution in [0.1, 0.15) is 17.8 Å². The molecule has 1 saturated heterocycles. The lowest BCUT2D eigenvalue weighted by Gasteiger charge is -2.26. The minimum Gasteiger partial charge on any atom is -0.354 e. The van der Waals surface area contributed by atoms with Crippen LogP contribution >= 0.6 is 0 Å². The van der Waals surface area contributed by atoms with Crippen molar-refractivity contribution in [1.82, 2.24) is 15.3 Å². The zero-order valence-corrected chi connectivity index (χ0v) is 9.62. The van der Waals surface area contributed by atoms with Gasteiger partial charge in [-0.1, -0.05) is 0 Å². The van der Waals surface area contributed by atoms with Crippen LogP contribution in [0.3, 0.4) is 0 Å². The Labute approximate surface area is 90.7 Å². The zero-order valence-electron chi connectivity index (χ0n) is 9.62. The Morgan fingerprint density at radius 2 is 2.27 bits per heavy atom. The molecule has 1 aliphatic heterocycles. The minimum absolute atomic E-state index is 0.555. The Hall–Kier alpha value is -1.16. The van der Waals surface area contributed by atoms with Crippen LogP contribution in [0.25, 0.3) is 0 Å². The average molecular weight is 206 g/mol. The van der Waals surface area contributed by atoms with Gasteiger partial charge in [0.05, 0.1) is 11.4 Å². The summed E-state index contributed by atoms with van der Waals surface area (Å²) >= 11 is 0. The first-order valence-corrected chi connectivity index (χ1v) is 5.42. The summed E-state index contributed by atoms with van der Waals surface area (Å²) in [6, 6.07) is 0.555. The summed E-state index contributed by atoms with van der Waals surface area (Å²) in [5.41, 5.74) is 1.99. The maximum atomic E-state index is 4.55. The summed E-state index contributed by atoms with van der Waals surface area (Å²) in [4.78, 5) is 11.1. The number of nitrogens with zero attached hydrogens (tertiary/aromatic N) is 3. The first-order chi connectivity index (χ1) is 7.18. The SMILES string of the molecule is Cc1cnc(C)c(N(C)C2CCNC2)n1. The Morgan fingerprint density at radius 1 is 1.47 bits per heavy atom. The minimum atomic E-state index is 0.555. The number of hydrogen-bond acceptors (Lipinski definition) is 4. The van der Waals surface area contributed by atoms with Gasteiger partial charge in [-0.2, -0.15) is 0 Å². The highest BCUT2D eigenvalue weighted by Crippen LogP contribution is 2.18. The van der Waals surface area contributed by atoms with E-state index in [2.05, 4.69) is 27.2 Å².